The molecular formula is C17H19NO2. The summed E-state index contributed by atoms with van der Waals surface area (Å²) in [5.74, 6) is 0.493. The summed E-state index contributed by atoms with van der Waals surface area (Å²) in [5, 5.41) is 0. The molecule has 104 valence electrons. The topological polar surface area (TPSA) is 52.3 Å². The van der Waals surface area contributed by atoms with Crippen LogP contribution in [0.1, 0.15) is 32.6 Å². The first kappa shape index (κ1) is 14.1. The van der Waals surface area contributed by atoms with Crippen molar-refractivity contribution >= 4 is 11.5 Å². The Morgan fingerprint density at radius 1 is 1.05 bits per heavy atom. The zero-order valence-corrected chi connectivity index (χ0v) is 12.3. The average molecular weight is 269 g/mol. The number of hydrogen-bond acceptors (Lipinski definition) is 3. The molecule has 2 aromatic rings. The van der Waals surface area contributed by atoms with E-state index in [2.05, 4.69) is 0 Å². The van der Waals surface area contributed by atoms with E-state index in [9.17, 15) is 4.79 Å². The number of anilines is 1. The van der Waals surface area contributed by atoms with Gasteiger partial charge in [-0.1, -0.05) is 17.7 Å². The van der Waals surface area contributed by atoms with E-state index in [4.69, 9.17) is 10.5 Å². The molecule has 2 N–H and O–H groups in total. The Kier molecular flexibility index (Phi) is 3.79. The first-order valence-electron chi connectivity index (χ1n) is 6.50. The van der Waals surface area contributed by atoms with Gasteiger partial charge in [-0.15, -0.1) is 0 Å². The molecule has 3 heteroatoms. The number of nitrogens with two attached hydrogens (primary N) is 1. The second kappa shape index (κ2) is 5.37. The normalized spacial score (nSPS) is 10.4. The van der Waals surface area contributed by atoms with Crippen LogP contribution in [0, 0.1) is 20.8 Å². The molecule has 0 spiro atoms. The predicted octanol–water partition coefficient (Wildman–Crippen LogP) is 3.43. The van der Waals surface area contributed by atoms with Crippen LogP contribution in [0.3, 0.4) is 0 Å². The number of rotatable bonds is 3. The summed E-state index contributed by atoms with van der Waals surface area (Å²) in [6, 6.07) is 9.14. The lowest BCUT2D eigenvalue weighted by molar-refractivity contribution is 0.103. The third-order valence-corrected chi connectivity index (χ3v) is 3.37. The molecule has 0 aliphatic rings. The van der Waals surface area contributed by atoms with Crippen molar-refractivity contribution in [2.24, 2.45) is 0 Å². The Balaban J connectivity index is 2.60. The highest BCUT2D eigenvalue weighted by Crippen LogP contribution is 2.27. The van der Waals surface area contributed by atoms with E-state index in [1.54, 1.807) is 25.3 Å². The van der Waals surface area contributed by atoms with Crippen molar-refractivity contribution < 1.29 is 9.53 Å². The number of ketones is 1. The van der Waals surface area contributed by atoms with E-state index in [0.717, 1.165) is 22.3 Å². The van der Waals surface area contributed by atoms with Crippen molar-refractivity contribution in [3.8, 4) is 5.75 Å². The minimum atomic E-state index is -0.0517. The highest BCUT2D eigenvalue weighted by molar-refractivity contribution is 6.12. The Hall–Kier alpha value is -2.29. The number of methoxy groups -OCH3 is 1. The van der Waals surface area contributed by atoms with Crippen molar-refractivity contribution in [2.45, 2.75) is 20.8 Å². The molecule has 0 fully saturated rings. The molecule has 0 amide bonds. The molecule has 0 aliphatic heterocycles. The highest BCUT2D eigenvalue weighted by Gasteiger charge is 2.19. The van der Waals surface area contributed by atoms with Gasteiger partial charge in [0.15, 0.2) is 5.78 Å². The van der Waals surface area contributed by atoms with E-state index < -0.39 is 0 Å². The van der Waals surface area contributed by atoms with Crippen LogP contribution in [0.4, 0.5) is 5.69 Å². The molecule has 2 aromatic carbocycles. The first-order valence-corrected chi connectivity index (χ1v) is 6.50. The number of aryl methyl sites for hydroxylation is 3. The summed E-state index contributed by atoms with van der Waals surface area (Å²) in [7, 11) is 1.55. The number of nitrogen functional groups attached to an aromatic ring is 1. The lowest BCUT2D eigenvalue weighted by Crippen LogP contribution is -2.09. The van der Waals surface area contributed by atoms with Gasteiger partial charge in [-0.2, -0.15) is 0 Å². The van der Waals surface area contributed by atoms with Gasteiger partial charge in [-0.3, -0.25) is 4.79 Å². The van der Waals surface area contributed by atoms with Gasteiger partial charge < -0.3 is 10.5 Å². The van der Waals surface area contributed by atoms with Crippen molar-refractivity contribution in [3.05, 3.63) is 58.1 Å². The van der Waals surface area contributed by atoms with Gasteiger partial charge in [0, 0.05) is 11.3 Å². The molecule has 2 rings (SSSR count). The summed E-state index contributed by atoms with van der Waals surface area (Å²) >= 11 is 0. The average Bonchev–Trinajstić information content (AvgIpc) is 2.37. The van der Waals surface area contributed by atoms with Crippen LogP contribution in [-0.2, 0) is 0 Å². The van der Waals surface area contributed by atoms with E-state index in [1.165, 1.54) is 0 Å². The molecule has 0 atom stereocenters. The number of carbonyl (C=O) groups is 1. The standard InChI is InChI=1S/C17H19NO2/c1-10-7-11(2)16(12(3)8-10)17(19)14-9-13(18)5-6-15(14)20-4/h5-9H,18H2,1-4H3. The fraction of sp³-hybridized carbons (Fsp3) is 0.235. The summed E-state index contributed by atoms with van der Waals surface area (Å²) in [6.45, 7) is 5.92. The zero-order chi connectivity index (χ0) is 14.9. The molecule has 0 bridgehead atoms. The number of carbonyl (C=O) groups excluding carboxylic acids is 1. The smallest absolute Gasteiger partial charge is 0.197 e. The van der Waals surface area contributed by atoms with E-state index in [1.807, 2.05) is 32.9 Å². The second-order valence-corrected chi connectivity index (χ2v) is 5.06. The van der Waals surface area contributed by atoms with E-state index in [-0.39, 0.29) is 5.78 Å². The fourth-order valence-corrected chi connectivity index (χ4v) is 2.58. The van der Waals surface area contributed by atoms with Crippen LogP contribution in [0.25, 0.3) is 0 Å². The van der Waals surface area contributed by atoms with Crippen molar-refractivity contribution in [3.63, 3.8) is 0 Å². The van der Waals surface area contributed by atoms with Gasteiger partial charge in [0.25, 0.3) is 0 Å². The largest absolute Gasteiger partial charge is 0.496 e. The maximum atomic E-state index is 12.8. The van der Waals surface area contributed by atoms with Gasteiger partial charge in [0.05, 0.1) is 12.7 Å². The monoisotopic (exact) mass is 269 g/mol. The zero-order valence-electron chi connectivity index (χ0n) is 12.3. The molecule has 20 heavy (non-hydrogen) atoms. The van der Waals surface area contributed by atoms with Gasteiger partial charge in [-0.25, -0.2) is 0 Å². The van der Waals surface area contributed by atoms with Gasteiger partial charge >= 0.3 is 0 Å². The highest BCUT2D eigenvalue weighted by atomic mass is 16.5. The maximum Gasteiger partial charge on any atom is 0.197 e. The van der Waals surface area contributed by atoms with Crippen LogP contribution >= 0.6 is 0 Å². The van der Waals surface area contributed by atoms with Gasteiger partial charge in [0.2, 0.25) is 0 Å². The van der Waals surface area contributed by atoms with Gasteiger partial charge in [-0.05, 0) is 50.1 Å². The lowest BCUT2D eigenvalue weighted by Gasteiger charge is -2.13. The molecule has 3 nitrogen and oxygen atoms in total. The summed E-state index contributed by atoms with van der Waals surface area (Å²) < 4.78 is 5.27. The van der Waals surface area contributed by atoms with Crippen molar-refractivity contribution in [1.82, 2.24) is 0 Å². The van der Waals surface area contributed by atoms with E-state index >= 15 is 0 Å². The fourth-order valence-electron chi connectivity index (χ4n) is 2.58. The van der Waals surface area contributed by atoms with E-state index in [0.29, 0.717) is 17.0 Å². The van der Waals surface area contributed by atoms with Crippen molar-refractivity contribution in [1.29, 1.82) is 0 Å². The molecule has 0 unspecified atom stereocenters. The summed E-state index contributed by atoms with van der Waals surface area (Å²) in [4.78, 5) is 12.8. The summed E-state index contributed by atoms with van der Waals surface area (Å²) in [5.41, 5.74) is 10.7. The van der Waals surface area contributed by atoms with Gasteiger partial charge in [0.1, 0.15) is 5.75 Å². The second-order valence-electron chi connectivity index (χ2n) is 5.06. The minimum absolute atomic E-state index is 0.0517. The van der Waals surface area contributed by atoms with Crippen molar-refractivity contribution in [2.75, 3.05) is 12.8 Å². The van der Waals surface area contributed by atoms with Crippen LogP contribution in [0.2, 0.25) is 0 Å². The number of ether oxygens (including phenoxy) is 1. The molecular weight excluding hydrogens is 250 g/mol. The predicted molar refractivity (Wildman–Crippen MR) is 81.5 cm³/mol. The molecule has 0 saturated heterocycles. The van der Waals surface area contributed by atoms with Crippen LogP contribution < -0.4 is 10.5 Å². The third kappa shape index (κ3) is 2.52. The third-order valence-electron chi connectivity index (χ3n) is 3.37. The quantitative estimate of drug-likeness (QED) is 0.686. The van der Waals surface area contributed by atoms with Crippen LogP contribution in [0.5, 0.6) is 5.75 Å². The Bertz CT molecular complexity index is 652. The SMILES string of the molecule is COc1ccc(N)cc1C(=O)c1c(C)cc(C)cc1C. The number of benzene rings is 2. The first-order chi connectivity index (χ1) is 9.43. The van der Waals surface area contributed by atoms with Crippen LogP contribution in [0.15, 0.2) is 30.3 Å². The van der Waals surface area contributed by atoms with Crippen LogP contribution in [-0.4, -0.2) is 12.9 Å². The minimum Gasteiger partial charge on any atom is -0.496 e. The molecule has 0 heterocycles. The molecule has 0 aliphatic carbocycles. The lowest BCUT2D eigenvalue weighted by atomic mass is 9.92. The Morgan fingerprint density at radius 2 is 1.65 bits per heavy atom. The maximum absolute atomic E-state index is 12.8. The Labute approximate surface area is 119 Å². The molecule has 0 radical (unpaired) electrons. The number of hydrogen-bond donors (Lipinski definition) is 1. The Morgan fingerprint density at radius 3 is 2.20 bits per heavy atom. The molecule has 0 saturated carbocycles. The molecule has 0 aromatic heterocycles. The summed E-state index contributed by atoms with van der Waals surface area (Å²) in [6.07, 6.45) is 0.